The number of halogens is 3. The first-order valence-electron chi connectivity index (χ1n) is 9.99. The fraction of sp³-hybridized carbons (Fsp3) is 0.455. The van der Waals surface area contributed by atoms with E-state index in [9.17, 15) is 13.6 Å². The lowest BCUT2D eigenvalue weighted by atomic mass is 10.0. The van der Waals surface area contributed by atoms with Crippen molar-refractivity contribution >= 4 is 18.3 Å². The Morgan fingerprint density at radius 3 is 2.76 bits per heavy atom. The van der Waals surface area contributed by atoms with Crippen LogP contribution < -0.4 is 5.32 Å². The van der Waals surface area contributed by atoms with Crippen LogP contribution in [0.5, 0.6) is 0 Å². The molecule has 1 aliphatic heterocycles. The SMILES string of the molecule is Cl.O=C(C1CC1c1ccc(F)c(F)c1)N(Cc1ccccn1)C1CCCNCC1. The van der Waals surface area contributed by atoms with E-state index in [1.807, 2.05) is 23.1 Å². The summed E-state index contributed by atoms with van der Waals surface area (Å²) < 4.78 is 26.8. The molecule has 2 aliphatic rings. The Morgan fingerprint density at radius 1 is 1.14 bits per heavy atom. The Bertz CT molecular complexity index is 828. The van der Waals surface area contributed by atoms with Crippen molar-refractivity contribution in [2.45, 2.75) is 44.2 Å². The number of rotatable bonds is 5. The third-order valence-electron chi connectivity index (χ3n) is 5.81. The van der Waals surface area contributed by atoms with Gasteiger partial charge >= 0.3 is 0 Å². The van der Waals surface area contributed by atoms with Gasteiger partial charge in [0.05, 0.1) is 12.2 Å². The van der Waals surface area contributed by atoms with E-state index in [4.69, 9.17) is 0 Å². The van der Waals surface area contributed by atoms with Crippen LogP contribution in [0.2, 0.25) is 0 Å². The molecule has 4 rings (SSSR count). The highest BCUT2D eigenvalue weighted by Gasteiger charge is 2.47. The van der Waals surface area contributed by atoms with E-state index in [1.165, 1.54) is 6.07 Å². The standard InChI is InChI=1S/C22H25F2N3O.ClH/c23-20-7-6-15(12-21(20)24)18-13-19(18)22(28)27(14-16-4-1-2-10-26-16)17-5-3-9-25-11-8-17;/h1-2,4,6-7,10,12,17-19,25H,3,5,8-9,11,13-14H2;1H. The Hall–Kier alpha value is -2.05. The van der Waals surface area contributed by atoms with Gasteiger partial charge in [-0.25, -0.2) is 8.78 Å². The van der Waals surface area contributed by atoms with Crippen LogP contribution >= 0.6 is 12.4 Å². The molecule has 4 nitrogen and oxygen atoms in total. The summed E-state index contributed by atoms with van der Waals surface area (Å²) in [6.07, 6.45) is 5.35. The Labute approximate surface area is 176 Å². The highest BCUT2D eigenvalue weighted by Crippen LogP contribution is 2.49. The molecular weight excluding hydrogens is 396 g/mol. The maximum atomic E-state index is 13.6. The van der Waals surface area contributed by atoms with Gasteiger partial charge < -0.3 is 10.2 Å². The van der Waals surface area contributed by atoms with E-state index < -0.39 is 11.6 Å². The van der Waals surface area contributed by atoms with Crippen molar-refractivity contribution in [1.29, 1.82) is 0 Å². The Kier molecular flexibility index (Phi) is 7.19. The highest BCUT2D eigenvalue weighted by atomic mass is 35.5. The summed E-state index contributed by atoms with van der Waals surface area (Å²) >= 11 is 0. The summed E-state index contributed by atoms with van der Waals surface area (Å²) in [6.45, 7) is 2.36. The number of hydrogen-bond donors (Lipinski definition) is 1. The van der Waals surface area contributed by atoms with Gasteiger partial charge in [0.2, 0.25) is 5.91 Å². The molecule has 1 aromatic carbocycles. The Balaban J connectivity index is 0.00000240. The van der Waals surface area contributed by atoms with Crippen LogP contribution in [0, 0.1) is 17.6 Å². The summed E-state index contributed by atoms with van der Waals surface area (Å²) in [7, 11) is 0. The van der Waals surface area contributed by atoms with Gasteiger partial charge in [-0.3, -0.25) is 9.78 Å². The molecule has 2 aromatic rings. The number of hydrogen-bond acceptors (Lipinski definition) is 3. The van der Waals surface area contributed by atoms with Crippen LogP contribution in [0.1, 0.15) is 42.9 Å². The number of benzene rings is 1. The van der Waals surface area contributed by atoms with Gasteiger partial charge in [-0.1, -0.05) is 12.1 Å². The van der Waals surface area contributed by atoms with Gasteiger partial charge in [0.15, 0.2) is 11.6 Å². The van der Waals surface area contributed by atoms with Crippen molar-refractivity contribution in [3.05, 3.63) is 65.5 Å². The summed E-state index contributed by atoms with van der Waals surface area (Å²) in [6, 6.07) is 9.88. The van der Waals surface area contributed by atoms with Crippen LogP contribution in [0.25, 0.3) is 0 Å². The van der Waals surface area contributed by atoms with Gasteiger partial charge in [0.25, 0.3) is 0 Å². The molecule has 3 atom stereocenters. The number of aromatic nitrogens is 1. The molecule has 0 radical (unpaired) electrons. The molecule has 1 saturated carbocycles. The zero-order valence-electron chi connectivity index (χ0n) is 16.2. The topological polar surface area (TPSA) is 45.2 Å². The molecule has 2 heterocycles. The van der Waals surface area contributed by atoms with Crippen molar-refractivity contribution in [1.82, 2.24) is 15.2 Å². The summed E-state index contributed by atoms with van der Waals surface area (Å²) in [5.41, 5.74) is 1.58. The maximum absolute atomic E-state index is 13.6. The van der Waals surface area contributed by atoms with Crippen molar-refractivity contribution in [2.24, 2.45) is 5.92 Å². The first-order chi connectivity index (χ1) is 13.6. The lowest BCUT2D eigenvalue weighted by molar-refractivity contribution is -0.136. The second kappa shape index (κ2) is 9.63. The predicted molar refractivity (Wildman–Crippen MR) is 110 cm³/mol. The number of carbonyl (C=O) groups is 1. The molecule has 29 heavy (non-hydrogen) atoms. The largest absolute Gasteiger partial charge is 0.334 e. The Morgan fingerprint density at radius 2 is 2.00 bits per heavy atom. The summed E-state index contributed by atoms with van der Waals surface area (Å²) in [5.74, 6) is -1.79. The molecule has 1 amide bonds. The van der Waals surface area contributed by atoms with Gasteiger partial charge in [0.1, 0.15) is 0 Å². The molecule has 2 fully saturated rings. The third kappa shape index (κ3) is 5.11. The minimum atomic E-state index is -0.852. The summed E-state index contributed by atoms with van der Waals surface area (Å²) in [4.78, 5) is 19.7. The lowest BCUT2D eigenvalue weighted by Gasteiger charge is -2.31. The number of nitrogens with zero attached hydrogens (tertiary/aromatic N) is 2. The van der Waals surface area contributed by atoms with Gasteiger partial charge in [-0.05, 0) is 74.5 Å². The quantitative estimate of drug-likeness (QED) is 0.792. The molecule has 1 aliphatic carbocycles. The molecule has 3 unspecified atom stereocenters. The number of carbonyl (C=O) groups excluding carboxylic acids is 1. The second-order valence-corrected chi connectivity index (χ2v) is 7.74. The van der Waals surface area contributed by atoms with Crippen molar-refractivity contribution in [3.63, 3.8) is 0 Å². The molecule has 0 bridgehead atoms. The summed E-state index contributed by atoms with van der Waals surface area (Å²) in [5, 5.41) is 3.40. The van der Waals surface area contributed by atoms with E-state index in [2.05, 4.69) is 10.3 Å². The minimum Gasteiger partial charge on any atom is -0.334 e. The smallest absolute Gasteiger partial charge is 0.226 e. The second-order valence-electron chi connectivity index (χ2n) is 7.74. The van der Waals surface area contributed by atoms with Crippen LogP contribution in [-0.4, -0.2) is 34.9 Å². The highest BCUT2D eigenvalue weighted by molar-refractivity contribution is 5.85. The molecule has 1 saturated heterocycles. The lowest BCUT2D eigenvalue weighted by Crippen LogP contribution is -2.41. The number of amides is 1. The maximum Gasteiger partial charge on any atom is 0.226 e. The van der Waals surface area contributed by atoms with Gasteiger partial charge in [0, 0.05) is 18.2 Å². The van der Waals surface area contributed by atoms with E-state index in [-0.39, 0.29) is 36.2 Å². The fourth-order valence-electron chi connectivity index (χ4n) is 4.16. The minimum absolute atomic E-state index is 0. The van der Waals surface area contributed by atoms with E-state index in [1.54, 1.807) is 12.3 Å². The zero-order chi connectivity index (χ0) is 19.5. The van der Waals surface area contributed by atoms with Crippen molar-refractivity contribution in [2.75, 3.05) is 13.1 Å². The van der Waals surface area contributed by atoms with E-state index in [0.29, 0.717) is 18.5 Å². The molecule has 156 valence electrons. The average Bonchev–Trinajstić information content (AvgIpc) is 3.53. The van der Waals surface area contributed by atoms with Crippen molar-refractivity contribution in [3.8, 4) is 0 Å². The predicted octanol–water partition coefficient (Wildman–Crippen LogP) is 4.06. The molecule has 1 N–H and O–H groups in total. The van der Waals surface area contributed by atoms with Gasteiger partial charge in [-0.2, -0.15) is 0 Å². The van der Waals surface area contributed by atoms with Crippen LogP contribution in [0.4, 0.5) is 8.78 Å². The number of nitrogens with one attached hydrogen (secondary N) is 1. The first kappa shape index (κ1) is 21.7. The number of pyridine rings is 1. The van der Waals surface area contributed by atoms with E-state index >= 15 is 0 Å². The van der Waals surface area contributed by atoms with Crippen LogP contribution in [0.15, 0.2) is 42.6 Å². The molecule has 1 aromatic heterocycles. The van der Waals surface area contributed by atoms with Crippen LogP contribution in [-0.2, 0) is 11.3 Å². The fourth-order valence-corrected chi connectivity index (χ4v) is 4.16. The van der Waals surface area contributed by atoms with Crippen molar-refractivity contribution < 1.29 is 13.6 Å². The molecule has 7 heteroatoms. The zero-order valence-corrected chi connectivity index (χ0v) is 17.0. The van der Waals surface area contributed by atoms with Crippen LogP contribution in [0.3, 0.4) is 0 Å². The normalized spacial score (nSPS) is 23.6. The molecule has 0 spiro atoms. The third-order valence-corrected chi connectivity index (χ3v) is 5.81. The monoisotopic (exact) mass is 421 g/mol. The first-order valence-corrected chi connectivity index (χ1v) is 9.99. The average molecular weight is 422 g/mol. The van der Waals surface area contributed by atoms with Gasteiger partial charge in [-0.15, -0.1) is 12.4 Å². The van der Waals surface area contributed by atoms with E-state index in [0.717, 1.165) is 44.1 Å². The molecular formula is C22H26ClF2N3O.